The minimum atomic E-state index is -6.42. The second kappa shape index (κ2) is 18.4. The monoisotopic (exact) mass is 1320 g/mol. The van der Waals surface area contributed by atoms with Crippen LogP contribution in [0, 0.1) is 62.3 Å². The minimum Gasteiger partial charge on any atom is -0.376 e. The summed E-state index contributed by atoms with van der Waals surface area (Å²) in [6.45, 7) is 17.0. The first-order valence-electron chi connectivity index (χ1n) is 29.1. The average molecular weight is 1320 g/mol. The lowest BCUT2D eigenvalue weighted by Gasteiger charge is -2.30. The van der Waals surface area contributed by atoms with Crippen molar-refractivity contribution in [1.29, 1.82) is 0 Å². The first-order chi connectivity index (χ1) is 43.4. The second-order valence-electron chi connectivity index (χ2n) is 25.0. The van der Waals surface area contributed by atoms with Crippen LogP contribution in [-0.2, 0) is 30.4 Å². The number of fused-ring (bicyclic) bond motifs is 6. The molecule has 0 heterocycles. The maximum atomic E-state index is 14.7. The lowest BCUT2D eigenvalue weighted by Crippen LogP contribution is -2.28. The molecule has 0 aliphatic heterocycles. The highest BCUT2D eigenvalue weighted by Gasteiger charge is 2.51. The van der Waals surface area contributed by atoms with Crippen molar-refractivity contribution in [2.24, 2.45) is 0 Å². The van der Waals surface area contributed by atoms with Crippen LogP contribution in [0.1, 0.15) is 50.1 Å². The van der Waals surface area contributed by atoms with Crippen LogP contribution in [0.15, 0.2) is 109 Å². The normalized spacial score (nSPS) is 13.7. The lowest BCUT2D eigenvalue weighted by molar-refractivity contribution is -0.0504. The van der Waals surface area contributed by atoms with E-state index in [-0.39, 0.29) is 32.3 Å². The number of halogens is 9. The fraction of sp³-hybridized carbons (Fsp3) is 0.167. The first kappa shape index (κ1) is 58.9. The van der Waals surface area contributed by atoms with E-state index in [2.05, 4.69) is 0 Å². The minimum absolute atomic E-state index is 0.167. The molecule has 16 aromatic carbocycles. The smallest absolute Gasteiger partial charge is 0.376 e. The Labute approximate surface area is 522 Å². The zero-order valence-electron chi connectivity index (χ0n) is 50.2. The Hall–Kier alpha value is -9.18. The van der Waals surface area contributed by atoms with E-state index >= 15 is 0 Å². The van der Waals surface area contributed by atoms with Crippen molar-refractivity contribution in [3.05, 3.63) is 159 Å². The van der Waals surface area contributed by atoms with Crippen molar-refractivity contribution >= 4 is 160 Å². The van der Waals surface area contributed by atoms with Gasteiger partial charge in [0.25, 0.3) is 0 Å². The largest absolute Gasteiger partial charge is 0.534 e. The number of benzene rings is 16. The standard InChI is InChI=1S/C72H45F9O9S3/c1-28-10-31(4)55(32(5)11-28)37-16-43-49-22-40(88-91(82,83)70(73,74)75)24-51-45-18-38(56-33(6)12-29(2)13-34(56)7)20-47-53-26-42(90-93(86,87)72(79,80)81)27-54-48-21-39(57-35(8)14-30(3)15-36(57)9)19-46-52-25-41(89-92(84,85)71(76,77)78)23-50-44(17-37)58(43)64-67(61(49)51)65(59(45)47)69(63(53)54)66(60(46)48)68(64)62(50)52/h10-27H,1-9H3. The highest BCUT2D eigenvalue weighted by molar-refractivity contribution is 7.88. The van der Waals surface area contributed by atoms with Gasteiger partial charge in [0.2, 0.25) is 0 Å². The molecule has 0 aliphatic rings. The third-order valence-corrected chi connectivity index (χ3v) is 21.8. The summed E-state index contributed by atoms with van der Waals surface area (Å²) in [7, 11) is -19.3. The summed E-state index contributed by atoms with van der Waals surface area (Å²) in [4.78, 5) is 0. The summed E-state index contributed by atoms with van der Waals surface area (Å²) in [6, 6.07) is 29.8. The molecule has 93 heavy (non-hydrogen) atoms. The predicted octanol–water partition coefficient (Wildman–Crippen LogP) is 20.6. The van der Waals surface area contributed by atoms with Gasteiger partial charge in [0.1, 0.15) is 17.2 Å². The lowest BCUT2D eigenvalue weighted by atomic mass is 9.72. The van der Waals surface area contributed by atoms with Gasteiger partial charge in [-0.3, -0.25) is 0 Å². The van der Waals surface area contributed by atoms with Crippen LogP contribution in [0.3, 0.4) is 0 Å². The molecule has 0 aliphatic carbocycles. The van der Waals surface area contributed by atoms with Crippen molar-refractivity contribution in [1.82, 2.24) is 0 Å². The maximum absolute atomic E-state index is 14.7. The molecule has 21 heteroatoms. The predicted molar refractivity (Wildman–Crippen MR) is 349 cm³/mol. The second-order valence-corrected chi connectivity index (χ2v) is 29.7. The zero-order valence-corrected chi connectivity index (χ0v) is 52.6. The van der Waals surface area contributed by atoms with Gasteiger partial charge in [-0.25, -0.2) is 0 Å². The van der Waals surface area contributed by atoms with Gasteiger partial charge in [-0.05, 0) is 331 Å². The molecule has 0 saturated heterocycles. The molecule has 9 nitrogen and oxygen atoms in total. The molecule has 0 N–H and O–H groups in total. The van der Waals surface area contributed by atoms with Crippen LogP contribution in [0.4, 0.5) is 39.5 Å². The molecule has 0 unspecified atom stereocenters. The van der Waals surface area contributed by atoms with Crippen LogP contribution >= 0.6 is 0 Å². The van der Waals surface area contributed by atoms with Crippen LogP contribution < -0.4 is 12.5 Å². The highest BCUT2D eigenvalue weighted by Crippen LogP contribution is 2.63. The molecule has 16 rings (SSSR count). The van der Waals surface area contributed by atoms with Crippen LogP contribution in [0.5, 0.6) is 17.2 Å². The van der Waals surface area contributed by atoms with Crippen LogP contribution in [-0.4, -0.2) is 41.8 Å². The molecular weight excluding hydrogens is 1280 g/mol. The van der Waals surface area contributed by atoms with Gasteiger partial charge in [-0.1, -0.05) is 53.1 Å². The van der Waals surface area contributed by atoms with Gasteiger partial charge >= 0.3 is 46.9 Å². The Kier molecular flexibility index (Phi) is 11.6. The maximum Gasteiger partial charge on any atom is 0.534 e. The number of hydrogen-bond donors (Lipinski definition) is 0. The number of alkyl halides is 9. The van der Waals surface area contributed by atoms with Crippen molar-refractivity contribution in [3.63, 3.8) is 0 Å². The van der Waals surface area contributed by atoms with Crippen LogP contribution in [0.25, 0.3) is 163 Å². The van der Waals surface area contributed by atoms with E-state index in [1.165, 1.54) is 36.4 Å². The molecule has 16 aromatic rings. The first-order valence-corrected chi connectivity index (χ1v) is 33.3. The summed E-state index contributed by atoms with van der Waals surface area (Å²) in [6.07, 6.45) is 0. The molecule has 0 atom stereocenters. The third kappa shape index (κ3) is 7.95. The van der Waals surface area contributed by atoms with E-state index in [9.17, 15) is 64.8 Å². The van der Waals surface area contributed by atoms with Crippen molar-refractivity contribution in [2.45, 2.75) is 78.8 Å². The van der Waals surface area contributed by atoms with E-state index < -0.39 is 64.1 Å². The highest BCUT2D eigenvalue weighted by atomic mass is 32.2. The zero-order chi connectivity index (χ0) is 66.1. The summed E-state index contributed by atoms with van der Waals surface area (Å²) >= 11 is 0. The van der Waals surface area contributed by atoms with E-state index in [0.717, 1.165) is 50.1 Å². The summed E-state index contributed by atoms with van der Waals surface area (Å²) in [5.74, 6) is -2.33. The van der Waals surface area contributed by atoms with Crippen molar-refractivity contribution in [3.8, 4) is 50.6 Å². The number of aryl methyl sites for hydroxylation is 9. The third-order valence-electron chi connectivity index (χ3n) is 18.9. The molecular formula is C72H45F9O9S3. The quantitative estimate of drug-likeness (QED) is 0.0456. The molecule has 0 spiro atoms. The Morgan fingerprint density at radius 1 is 0.237 bits per heavy atom. The summed E-state index contributed by atoms with van der Waals surface area (Å²) in [5, 5.41) is 8.41. The van der Waals surface area contributed by atoms with Crippen molar-refractivity contribution in [2.75, 3.05) is 0 Å². The van der Waals surface area contributed by atoms with Gasteiger partial charge in [-0.2, -0.15) is 64.8 Å². The number of rotatable bonds is 9. The van der Waals surface area contributed by atoms with E-state index in [1.807, 2.05) is 135 Å². The Balaban J connectivity index is 1.26. The molecule has 468 valence electrons. The fourth-order valence-electron chi connectivity index (χ4n) is 16.2. The Morgan fingerprint density at radius 2 is 0.387 bits per heavy atom. The Morgan fingerprint density at radius 3 is 0.538 bits per heavy atom. The van der Waals surface area contributed by atoms with Gasteiger partial charge in [0.05, 0.1) is 0 Å². The fourth-order valence-corrected chi connectivity index (χ4v) is 17.5. The van der Waals surface area contributed by atoms with Gasteiger partial charge in [-0.15, -0.1) is 0 Å². The Bertz CT molecular complexity index is 5550. The molecule has 0 bridgehead atoms. The molecule has 0 aromatic heterocycles. The number of hydrogen-bond acceptors (Lipinski definition) is 9. The molecule has 0 amide bonds. The summed E-state index contributed by atoms with van der Waals surface area (Å²) in [5.41, 5.74) is -6.79. The molecule has 0 fully saturated rings. The van der Waals surface area contributed by atoms with E-state index in [1.54, 1.807) is 0 Å². The van der Waals surface area contributed by atoms with Crippen LogP contribution in [0.2, 0.25) is 0 Å². The molecule has 0 saturated carbocycles. The van der Waals surface area contributed by atoms with Gasteiger partial charge < -0.3 is 12.5 Å². The SMILES string of the molecule is Cc1cc(C)c(-c2cc3c4cc(OS(=O)(=O)C(F)(F)F)cc5c6cc(-c7c(C)cc(C)cc7C)cc7c8cc(OS(=O)(=O)C(F)(F)F)cc9c%10cc(-c%11c(C)cc(C)cc%11C)cc%11c%12cc(OS(=O)(=O)C(F)(F)F)cc%13c(c2)c3c2c(c45)c(c67)c(c89)c(c%11%10)c2c%13%12)c(C)c1. The molecule has 0 radical (unpaired) electrons. The van der Waals surface area contributed by atoms with E-state index in [0.29, 0.717) is 130 Å². The summed E-state index contributed by atoms with van der Waals surface area (Å²) < 4.78 is 228. The van der Waals surface area contributed by atoms with Gasteiger partial charge in [0.15, 0.2) is 0 Å². The van der Waals surface area contributed by atoms with E-state index in [4.69, 9.17) is 12.5 Å². The average Bonchev–Trinajstić information content (AvgIpc) is 0.642. The van der Waals surface area contributed by atoms with Gasteiger partial charge in [0, 0.05) is 0 Å². The topological polar surface area (TPSA) is 130 Å². The van der Waals surface area contributed by atoms with Crippen molar-refractivity contribution < 1.29 is 77.3 Å².